The van der Waals surface area contributed by atoms with Gasteiger partial charge in [-0.1, -0.05) is 11.6 Å². The van der Waals surface area contributed by atoms with Crippen LogP contribution in [-0.4, -0.2) is 47.6 Å². The molecule has 1 saturated heterocycles. The molecule has 3 heterocycles. The third kappa shape index (κ3) is 4.89. The molecule has 3 aromatic rings. The maximum absolute atomic E-state index is 11.7. The number of nitrogens with zero attached hydrogens (tertiary/aromatic N) is 3. The van der Waals surface area contributed by atoms with E-state index in [0.29, 0.717) is 48.5 Å². The molecule has 0 unspecified atom stereocenters. The second kappa shape index (κ2) is 9.25. The van der Waals surface area contributed by atoms with Gasteiger partial charge in [0.05, 0.1) is 17.7 Å². The van der Waals surface area contributed by atoms with Crippen LogP contribution in [0.15, 0.2) is 53.8 Å². The molecule has 0 spiro atoms. The number of ether oxygens (including phenoxy) is 1. The van der Waals surface area contributed by atoms with Gasteiger partial charge in [-0.05, 0) is 52.0 Å². The lowest BCUT2D eigenvalue weighted by molar-refractivity contribution is -0.131. The average Bonchev–Trinajstić information content (AvgIpc) is 3.35. The Morgan fingerprint density at radius 1 is 1.20 bits per heavy atom. The summed E-state index contributed by atoms with van der Waals surface area (Å²) in [6, 6.07) is 8.62. The molecule has 2 aromatic heterocycles. The minimum absolute atomic E-state index is 0.0175. The van der Waals surface area contributed by atoms with Crippen LogP contribution < -0.4 is 4.90 Å². The molecule has 0 amide bonds. The number of rotatable bonds is 6. The van der Waals surface area contributed by atoms with Crippen molar-refractivity contribution in [3.05, 3.63) is 50.5 Å². The number of anilines is 1. The van der Waals surface area contributed by atoms with Gasteiger partial charge in [0, 0.05) is 35.8 Å². The zero-order valence-electron chi connectivity index (χ0n) is 15.4. The summed E-state index contributed by atoms with van der Waals surface area (Å²) in [7, 11) is 0. The zero-order valence-corrected chi connectivity index (χ0v) is 18.5. The van der Waals surface area contributed by atoms with Gasteiger partial charge in [-0.2, -0.15) is 0 Å². The number of furan rings is 1. The van der Waals surface area contributed by atoms with Gasteiger partial charge >= 0.3 is 5.97 Å². The highest BCUT2D eigenvalue weighted by molar-refractivity contribution is 9.10. The molecule has 4 rings (SSSR count). The summed E-state index contributed by atoms with van der Waals surface area (Å²) in [4.78, 5) is 13.8. The van der Waals surface area contributed by atoms with Crippen LogP contribution in [0.2, 0.25) is 5.02 Å². The quantitative estimate of drug-likeness (QED) is 0.368. The maximum atomic E-state index is 11.7. The highest BCUT2D eigenvalue weighted by Crippen LogP contribution is 2.35. The van der Waals surface area contributed by atoms with Gasteiger partial charge in [-0.3, -0.25) is 0 Å². The van der Waals surface area contributed by atoms with Crippen LogP contribution >= 0.6 is 39.3 Å². The highest BCUT2D eigenvalue weighted by atomic mass is 79.9. The van der Waals surface area contributed by atoms with Crippen molar-refractivity contribution in [3.8, 4) is 11.5 Å². The fourth-order valence-electron chi connectivity index (χ4n) is 2.75. The summed E-state index contributed by atoms with van der Waals surface area (Å²) in [5.41, 5.74) is 0.685. The first-order valence-corrected chi connectivity index (χ1v) is 10.8. The minimum atomic E-state index is -1.13. The first-order valence-electron chi connectivity index (χ1n) is 8.84. The average molecular weight is 513 g/mol. The molecule has 0 radical (unpaired) electrons. The molecular formula is C19H15BrClN3O5S. The number of benzene rings is 1. The van der Waals surface area contributed by atoms with Gasteiger partial charge in [-0.15, -0.1) is 10.2 Å². The molecule has 1 fully saturated rings. The van der Waals surface area contributed by atoms with Crippen molar-refractivity contribution in [2.75, 3.05) is 31.2 Å². The van der Waals surface area contributed by atoms with Gasteiger partial charge < -0.3 is 23.6 Å². The summed E-state index contributed by atoms with van der Waals surface area (Å²) in [6.07, 6.45) is 1.42. The molecule has 1 aromatic carbocycles. The van der Waals surface area contributed by atoms with E-state index in [4.69, 9.17) is 25.2 Å². The van der Waals surface area contributed by atoms with Gasteiger partial charge in [-0.25, -0.2) is 4.79 Å². The van der Waals surface area contributed by atoms with Crippen molar-refractivity contribution in [3.63, 3.8) is 0 Å². The van der Waals surface area contributed by atoms with E-state index in [2.05, 4.69) is 26.1 Å². The molecule has 0 bridgehead atoms. The lowest BCUT2D eigenvalue weighted by atomic mass is 10.2. The fourth-order valence-corrected chi connectivity index (χ4v) is 4.08. The summed E-state index contributed by atoms with van der Waals surface area (Å²) in [6.45, 7) is 2.62. The number of aliphatic carboxylic acids is 1. The van der Waals surface area contributed by atoms with Gasteiger partial charge in [0.25, 0.3) is 5.22 Å². The van der Waals surface area contributed by atoms with Crippen LogP contribution in [-0.2, 0) is 9.53 Å². The van der Waals surface area contributed by atoms with Gasteiger partial charge in [0.2, 0.25) is 11.8 Å². The van der Waals surface area contributed by atoms with Crippen molar-refractivity contribution in [2.45, 2.75) is 5.22 Å². The zero-order chi connectivity index (χ0) is 21.1. The van der Waals surface area contributed by atoms with Crippen LogP contribution in [0.3, 0.4) is 0 Å². The van der Waals surface area contributed by atoms with E-state index in [1.165, 1.54) is 6.08 Å². The number of aromatic nitrogens is 2. The molecular weight excluding hydrogens is 498 g/mol. The Balaban J connectivity index is 1.54. The van der Waals surface area contributed by atoms with Crippen molar-refractivity contribution in [2.24, 2.45) is 0 Å². The number of hydrogen-bond donors (Lipinski definition) is 1. The van der Waals surface area contributed by atoms with Gasteiger partial charge in [0.1, 0.15) is 10.7 Å². The Hall–Kier alpha value is -2.27. The Morgan fingerprint density at radius 2 is 1.93 bits per heavy atom. The third-order valence-electron chi connectivity index (χ3n) is 4.17. The van der Waals surface area contributed by atoms with E-state index in [9.17, 15) is 9.90 Å². The van der Waals surface area contributed by atoms with Crippen LogP contribution in [0.25, 0.3) is 17.5 Å². The normalized spacial score (nSPS) is 14.9. The molecule has 0 aliphatic carbocycles. The van der Waals surface area contributed by atoms with E-state index >= 15 is 0 Å². The predicted octanol–water partition coefficient (Wildman–Crippen LogP) is 4.80. The Morgan fingerprint density at radius 3 is 2.63 bits per heavy atom. The standard InChI is InChI=1S/C19H15BrClN3O5S/c20-14-9-13(28-17(14)24-5-7-27-8-6-24)10-15(18(25)26)30-19-23-22-16(29-19)11-1-3-12(21)4-2-11/h1-4,9-10H,5-8H2,(H,25,26)/b15-10-. The summed E-state index contributed by atoms with van der Waals surface area (Å²) >= 11 is 10.2. The van der Waals surface area contributed by atoms with Crippen molar-refractivity contribution in [1.82, 2.24) is 10.2 Å². The maximum Gasteiger partial charge on any atom is 0.342 e. The number of halogens is 2. The van der Waals surface area contributed by atoms with Crippen LogP contribution in [0, 0.1) is 0 Å². The molecule has 156 valence electrons. The summed E-state index contributed by atoms with van der Waals surface area (Å²) in [5.74, 6) is 0.175. The number of morpholine rings is 1. The number of carbonyl (C=O) groups is 1. The second-order valence-electron chi connectivity index (χ2n) is 6.20. The van der Waals surface area contributed by atoms with E-state index in [0.717, 1.165) is 16.2 Å². The summed E-state index contributed by atoms with van der Waals surface area (Å²) < 4.78 is 17.5. The summed E-state index contributed by atoms with van der Waals surface area (Å²) in [5, 5.41) is 18.2. The number of hydrogen-bond acceptors (Lipinski definition) is 8. The Labute approximate surface area is 189 Å². The van der Waals surface area contributed by atoms with Crippen molar-refractivity contribution >= 4 is 57.2 Å². The third-order valence-corrected chi connectivity index (χ3v) is 5.84. The fraction of sp³-hybridized carbons (Fsp3) is 0.211. The molecule has 1 N–H and O–H groups in total. The topological polar surface area (TPSA) is 102 Å². The Bertz CT molecular complexity index is 1080. The molecule has 0 atom stereocenters. The smallest absolute Gasteiger partial charge is 0.342 e. The highest BCUT2D eigenvalue weighted by Gasteiger charge is 2.21. The monoisotopic (exact) mass is 511 g/mol. The molecule has 11 heteroatoms. The van der Waals surface area contributed by atoms with Crippen LogP contribution in [0.4, 0.5) is 5.88 Å². The Kier molecular flexibility index (Phi) is 6.47. The van der Waals surface area contributed by atoms with Crippen LogP contribution in [0.5, 0.6) is 0 Å². The number of thioether (sulfide) groups is 1. The minimum Gasteiger partial charge on any atom is -0.477 e. The SMILES string of the molecule is O=C(O)/C(=C/c1cc(Br)c(N2CCOCC2)o1)Sc1nnc(-c2ccc(Cl)cc2)o1. The molecule has 1 aliphatic rings. The van der Waals surface area contributed by atoms with Crippen molar-refractivity contribution in [1.29, 1.82) is 0 Å². The van der Waals surface area contributed by atoms with Gasteiger partial charge in [0.15, 0.2) is 0 Å². The lowest BCUT2D eigenvalue weighted by Gasteiger charge is -2.26. The molecule has 1 aliphatic heterocycles. The first-order chi connectivity index (χ1) is 14.5. The van der Waals surface area contributed by atoms with E-state index in [1.807, 2.05) is 4.90 Å². The van der Waals surface area contributed by atoms with E-state index in [-0.39, 0.29) is 16.0 Å². The van der Waals surface area contributed by atoms with Crippen LogP contribution in [0.1, 0.15) is 5.76 Å². The molecule has 0 saturated carbocycles. The number of carboxylic acid groups (broad SMARTS) is 1. The largest absolute Gasteiger partial charge is 0.477 e. The van der Waals surface area contributed by atoms with E-state index in [1.54, 1.807) is 30.3 Å². The number of carboxylic acids is 1. The second-order valence-corrected chi connectivity index (χ2v) is 8.48. The predicted molar refractivity (Wildman–Crippen MR) is 116 cm³/mol. The van der Waals surface area contributed by atoms with Crippen molar-refractivity contribution < 1.29 is 23.5 Å². The van der Waals surface area contributed by atoms with E-state index < -0.39 is 5.97 Å². The first kappa shape index (κ1) is 21.0. The molecule has 30 heavy (non-hydrogen) atoms. The lowest BCUT2D eigenvalue weighted by Crippen LogP contribution is -2.36. The molecule has 8 nitrogen and oxygen atoms in total.